The van der Waals surface area contributed by atoms with Gasteiger partial charge in [-0.1, -0.05) is 66.7 Å². The molecule has 0 saturated heterocycles. The topological polar surface area (TPSA) is 55.4 Å². The molecule has 1 amide bonds. The summed E-state index contributed by atoms with van der Waals surface area (Å²) < 4.78 is 5.81. The molecule has 0 heterocycles. The number of ketones is 1. The second-order valence-corrected chi connectivity index (χ2v) is 6.64. The average molecular weight is 393 g/mol. The van der Waals surface area contributed by atoms with Gasteiger partial charge in [0.15, 0.2) is 5.78 Å². The van der Waals surface area contributed by atoms with Gasteiger partial charge in [0, 0.05) is 16.7 Å². The molecule has 0 radical (unpaired) electrons. The smallest absolute Gasteiger partial charge is 0.255 e. The number of amides is 1. The lowest BCUT2D eigenvalue weighted by Crippen LogP contribution is -2.15. The molecule has 1 N–H and O–H groups in total. The van der Waals surface area contributed by atoms with Crippen molar-refractivity contribution in [3.63, 3.8) is 0 Å². The maximum atomic E-state index is 12.9. The summed E-state index contributed by atoms with van der Waals surface area (Å²) in [4.78, 5) is 25.7. The Kier molecular flexibility index (Phi) is 5.67. The van der Waals surface area contributed by atoms with Crippen molar-refractivity contribution in [1.29, 1.82) is 0 Å². The Morgan fingerprint density at radius 1 is 0.600 bits per heavy atom. The molecule has 146 valence electrons. The third-order valence-electron chi connectivity index (χ3n) is 4.53. The van der Waals surface area contributed by atoms with E-state index in [2.05, 4.69) is 5.32 Å². The molecule has 0 unspecified atom stereocenters. The molecule has 4 rings (SSSR count). The summed E-state index contributed by atoms with van der Waals surface area (Å²) in [5.41, 5.74) is 1.90. The number of carbonyl (C=O) groups is 2. The molecule has 4 aromatic carbocycles. The fourth-order valence-electron chi connectivity index (χ4n) is 3.06. The number of hydrogen-bond acceptors (Lipinski definition) is 3. The van der Waals surface area contributed by atoms with E-state index in [4.69, 9.17) is 4.74 Å². The number of ether oxygens (including phenoxy) is 1. The van der Waals surface area contributed by atoms with E-state index in [-0.39, 0.29) is 11.7 Å². The van der Waals surface area contributed by atoms with Gasteiger partial charge in [-0.05, 0) is 42.5 Å². The standard InChI is InChI=1S/C26H19NO3/c28-25(19-10-3-1-4-11-19)23-16-7-8-17-24(23)27-26(29)20-12-9-15-22(18-20)30-21-13-5-2-6-14-21/h1-18H,(H,27,29). The molecule has 4 heteroatoms. The molecule has 0 aliphatic carbocycles. The van der Waals surface area contributed by atoms with Crippen molar-refractivity contribution in [2.75, 3.05) is 5.32 Å². The van der Waals surface area contributed by atoms with Crippen molar-refractivity contribution in [1.82, 2.24) is 0 Å². The fraction of sp³-hybridized carbons (Fsp3) is 0. The highest BCUT2D eigenvalue weighted by atomic mass is 16.5. The van der Waals surface area contributed by atoms with Gasteiger partial charge < -0.3 is 10.1 Å². The quantitative estimate of drug-likeness (QED) is 0.411. The predicted octanol–water partition coefficient (Wildman–Crippen LogP) is 5.96. The molecule has 30 heavy (non-hydrogen) atoms. The van der Waals surface area contributed by atoms with Gasteiger partial charge in [-0.25, -0.2) is 0 Å². The van der Waals surface area contributed by atoms with Crippen molar-refractivity contribution in [2.45, 2.75) is 0 Å². The highest BCUT2D eigenvalue weighted by Gasteiger charge is 2.16. The van der Waals surface area contributed by atoms with Crippen LogP contribution in [0.5, 0.6) is 11.5 Å². The van der Waals surface area contributed by atoms with E-state index in [1.165, 1.54) is 0 Å². The molecule has 0 aromatic heterocycles. The van der Waals surface area contributed by atoms with E-state index >= 15 is 0 Å². The number of anilines is 1. The predicted molar refractivity (Wildman–Crippen MR) is 117 cm³/mol. The van der Waals surface area contributed by atoms with Crippen molar-refractivity contribution < 1.29 is 14.3 Å². The summed E-state index contributed by atoms with van der Waals surface area (Å²) >= 11 is 0. The zero-order valence-corrected chi connectivity index (χ0v) is 16.1. The highest BCUT2D eigenvalue weighted by molar-refractivity contribution is 6.15. The molecule has 0 aliphatic heterocycles. The summed E-state index contributed by atoms with van der Waals surface area (Å²) in [7, 11) is 0. The van der Waals surface area contributed by atoms with Gasteiger partial charge in [-0.15, -0.1) is 0 Å². The van der Waals surface area contributed by atoms with Crippen molar-refractivity contribution in [3.05, 3.63) is 126 Å². The van der Waals surface area contributed by atoms with E-state index in [1.807, 2.05) is 48.5 Å². The monoisotopic (exact) mass is 393 g/mol. The third-order valence-corrected chi connectivity index (χ3v) is 4.53. The molecule has 4 nitrogen and oxygen atoms in total. The minimum atomic E-state index is -0.318. The minimum Gasteiger partial charge on any atom is -0.457 e. The lowest BCUT2D eigenvalue weighted by atomic mass is 10.0. The number of benzene rings is 4. The van der Waals surface area contributed by atoms with Crippen LogP contribution in [-0.4, -0.2) is 11.7 Å². The Balaban J connectivity index is 1.55. The van der Waals surface area contributed by atoms with Gasteiger partial charge in [0.05, 0.1) is 5.69 Å². The Morgan fingerprint density at radius 2 is 1.20 bits per heavy atom. The number of nitrogens with one attached hydrogen (secondary N) is 1. The number of para-hydroxylation sites is 2. The highest BCUT2D eigenvalue weighted by Crippen LogP contribution is 2.24. The van der Waals surface area contributed by atoms with Crippen molar-refractivity contribution >= 4 is 17.4 Å². The second kappa shape index (κ2) is 8.88. The molecule has 0 bridgehead atoms. The van der Waals surface area contributed by atoms with E-state index in [0.717, 1.165) is 0 Å². The van der Waals surface area contributed by atoms with Crippen molar-refractivity contribution in [2.24, 2.45) is 0 Å². The maximum absolute atomic E-state index is 12.9. The van der Waals surface area contributed by atoms with Gasteiger partial charge in [0.1, 0.15) is 11.5 Å². The fourth-order valence-corrected chi connectivity index (χ4v) is 3.06. The van der Waals surface area contributed by atoms with Crippen LogP contribution in [-0.2, 0) is 0 Å². The lowest BCUT2D eigenvalue weighted by molar-refractivity contribution is 0.102. The van der Waals surface area contributed by atoms with Crippen LogP contribution in [0.15, 0.2) is 109 Å². The van der Waals surface area contributed by atoms with E-state index in [1.54, 1.807) is 60.7 Å². The van der Waals surface area contributed by atoms with Crippen LogP contribution in [0.1, 0.15) is 26.3 Å². The summed E-state index contributed by atoms with van der Waals surface area (Å²) in [6.07, 6.45) is 0. The molecule has 0 fully saturated rings. The Bertz CT molecular complexity index is 1170. The number of hydrogen-bond donors (Lipinski definition) is 1. The summed E-state index contributed by atoms with van der Waals surface area (Å²) in [6, 6.07) is 32.3. The van der Waals surface area contributed by atoms with E-state index in [9.17, 15) is 9.59 Å². The van der Waals surface area contributed by atoms with Gasteiger partial charge in [0.2, 0.25) is 0 Å². The number of carbonyl (C=O) groups excluding carboxylic acids is 2. The molecule has 0 saturated carbocycles. The first kappa shape index (κ1) is 19.2. The average Bonchev–Trinajstić information content (AvgIpc) is 2.80. The van der Waals surface area contributed by atoms with Crippen LogP contribution in [0, 0.1) is 0 Å². The summed E-state index contributed by atoms with van der Waals surface area (Å²) in [6.45, 7) is 0. The van der Waals surface area contributed by atoms with Crippen LogP contribution >= 0.6 is 0 Å². The normalized spacial score (nSPS) is 10.3. The third kappa shape index (κ3) is 4.45. The van der Waals surface area contributed by atoms with Gasteiger partial charge >= 0.3 is 0 Å². The van der Waals surface area contributed by atoms with Crippen LogP contribution in [0.3, 0.4) is 0 Å². The zero-order chi connectivity index (χ0) is 20.8. The van der Waals surface area contributed by atoms with Gasteiger partial charge in [-0.3, -0.25) is 9.59 Å². The Morgan fingerprint density at radius 3 is 1.97 bits per heavy atom. The molecular formula is C26H19NO3. The van der Waals surface area contributed by atoms with Gasteiger partial charge in [-0.2, -0.15) is 0 Å². The molecule has 0 atom stereocenters. The molecule has 0 aliphatic rings. The SMILES string of the molecule is O=C(Nc1ccccc1C(=O)c1ccccc1)c1cccc(Oc2ccccc2)c1. The second-order valence-electron chi connectivity index (χ2n) is 6.64. The van der Waals surface area contributed by atoms with Crippen LogP contribution in [0.4, 0.5) is 5.69 Å². The number of rotatable bonds is 6. The van der Waals surface area contributed by atoms with Crippen LogP contribution < -0.4 is 10.1 Å². The van der Waals surface area contributed by atoms with Gasteiger partial charge in [0.25, 0.3) is 5.91 Å². The summed E-state index contributed by atoms with van der Waals surface area (Å²) in [5, 5.41) is 2.85. The Labute approximate surface area is 174 Å². The minimum absolute atomic E-state index is 0.146. The van der Waals surface area contributed by atoms with E-state index < -0.39 is 0 Å². The first-order valence-corrected chi connectivity index (χ1v) is 9.54. The van der Waals surface area contributed by atoms with E-state index in [0.29, 0.717) is 33.9 Å². The van der Waals surface area contributed by atoms with Crippen molar-refractivity contribution in [3.8, 4) is 11.5 Å². The largest absolute Gasteiger partial charge is 0.457 e. The molecule has 0 spiro atoms. The zero-order valence-electron chi connectivity index (χ0n) is 16.1. The Hall–Kier alpha value is -4.18. The molecular weight excluding hydrogens is 374 g/mol. The first-order chi connectivity index (χ1) is 14.7. The maximum Gasteiger partial charge on any atom is 0.255 e. The molecule has 4 aromatic rings. The lowest BCUT2D eigenvalue weighted by Gasteiger charge is -2.11. The summed E-state index contributed by atoms with van der Waals surface area (Å²) in [5.74, 6) is 0.783. The first-order valence-electron chi connectivity index (χ1n) is 9.54. The van der Waals surface area contributed by atoms with Crippen LogP contribution in [0.25, 0.3) is 0 Å². The van der Waals surface area contributed by atoms with Crippen LogP contribution in [0.2, 0.25) is 0 Å².